The maximum atomic E-state index is 12.2. The van der Waals surface area contributed by atoms with Crippen LogP contribution in [0.5, 0.6) is 0 Å². The summed E-state index contributed by atoms with van der Waals surface area (Å²) in [4.78, 5) is 12.2. The topological polar surface area (TPSA) is 89.3 Å². The lowest BCUT2D eigenvalue weighted by Gasteiger charge is -2.21. The zero-order valence-corrected chi connectivity index (χ0v) is 13.5. The summed E-state index contributed by atoms with van der Waals surface area (Å²) in [5.74, 6) is 5.04. The number of sulfone groups is 1. The van der Waals surface area contributed by atoms with Crippen LogP contribution in [0.15, 0.2) is 18.2 Å². The number of nitrogens with one attached hydrogen (secondary N) is 1. The first-order chi connectivity index (χ1) is 9.57. The average Bonchev–Trinajstić information content (AvgIpc) is 2.34. The van der Waals surface area contributed by atoms with Crippen molar-refractivity contribution in [1.82, 2.24) is 0 Å². The molecule has 114 valence electrons. The molecule has 0 fully saturated rings. The van der Waals surface area contributed by atoms with E-state index in [1.54, 1.807) is 12.1 Å². The fraction of sp³-hybridized carbons (Fsp3) is 0.400. The van der Waals surface area contributed by atoms with Crippen LogP contribution in [0, 0.1) is 18.8 Å². The van der Waals surface area contributed by atoms with Crippen molar-refractivity contribution in [2.45, 2.75) is 25.5 Å². The second kappa shape index (κ2) is 6.29. The molecule has 0 spiro atoms. The minimum absolute atomic E-state index is 0.247. The van der Waals surface area contributed by atoms with Crippen LogP contribution in [0.4, 0.5) is 5.69 Å². The highest BCUT2D eigenvalue weighted by atomic mass is 32.2. The molecule has 1 aromatic carbocycles. The number of hydrogen-bond acceptors (Lipinski definition) is 4. The molecule has 21 heavy (non-hydrogen) atoms. The first kappa shape index (κ1) is 17.2. The highest BCUT2D eigenvalue weighted by Crippen LogP contribution is 2.20. The van der Waals surface area contributed by atoms with E-state index >= 15 is 0 Å². The maximum Gasteiger partial charge on any atom is 0.245 e. The van der Waals surface area contributed by atoms with Gasteiger partial charge in [-0.05, 0) is 44.5 Å². The summed E-state index contributed by atoms with van der Waals surface area (Å²) in [6.45, 7) is 4.87. The average molecular weight is 308 g/mol. The molecule has 0 aliphatic heterocycles. The van der Waals surface area contributed by atoms with Gasteiger partial charge in [-0.3, -0.25) is 4.79 Å². The largest absolute Gasteiger partial charge is 0.325 e. The summed E-state index contributed by atoms with van der Waals surface area (Å²) >= 11 is 0. The van der Waals surface area contributed by atoms with Crippen molar-refractivity contribution in [3.63, 3.8) is 0 Å². The Labute approximate surface area is 125 Å². The minimum Gasteiger partial charge on any atom is -0.325 e. The number of aryl methyl sites for hydroxylation is 1. The number of carbonyl (C=O) groups is 1. The fourth-order valence-corrected chi connectivity index (χ4v) is 1.92. The van der Waals surface area contributed by atoms with Gasteiger partial charge in [-0.15, -0.1) is 0 Å². The third kappa shape index (κ3) is 4.31. The number of anilines is 1. The molecule has 6 heteroatoms. The molecular formula is C15H20N2O3S. The Kier molecular flexibility index (Phi) is 5.15. The molecular weight excluding hydrogens is 288 g/mol. The third-order valence-corrected chi connectivity index (χ3v) is 5.18. The van der Waals surface area contributed by atoms with E-state index in [1.165, 1.54) is 13.8 Å². The highest BCUT2D eigenvalue weighted by Gasteiger charge is 2.38. The maximum absolute atomic E-state index is 12.2. The SMILES string of the molecule is Cc1cc(C#CCN)cc(NC(=O)C(C)(C)S(C)(=O)=O)c1. The molecule has 5 nitrogen and oxygen atoms in total. The van der Waals surface area contributed by atoms with Gasteiger partial charge in [-0.25, -0.2) is 8.42 Å². The summed E-state index contributed by atoms with van der Waals surface area (Å²) in [7, 11) is -3.51. The van der Waals surface area contributed by atoms with E-state index in [2.05, 4.69) is 17.2 Å². The van der Waals surface area contributed by atoms with Crippen LogP contribution in [0.1, 0.15) is 25.0 Å². The van der Waals surface area contributed by atoms with Gasteiger partial charge in [0.1, 0.15) is 4.75 Å². The molecule has 1 amide bonds. The van der Waals surface area contributed by atoms with Gasteiger partial charge < -0.3 is 11.1 Å². The summed E-state index contributed by atoms with van der Waals surface area (Å²) < 4.78 is 21.8. The van der Waals surface area contributed by atoms with E-state index in [9.17, 15) is 13.2 Å². The minimum atomic E-state index is -3.51. The molecule has 0 unspecified atom stereocenters. The van der Waals surface area contributed by atoms with Gasteiger partial charge in [0.2, 0.25) is 5.91 Å². The normalized spacial score (nSPS) is 11.5. The van der Waals surface area contributed by atoms with Gasteiger partial charge in [-0.2, -0.15) is 0 Å². The van der Waals surface area contributed by atoms with Crippen molar-refractivity contribution >= 4 is 21.4 Å². The number of benzene rings is 1. The molecule has 0 aliphatic rings. The van der Waals surface area contributed by atoms with Gasteiger partial charge in [-0.1, -0.05) is 11.8 Å². The first-order valence-corrected chi connectivity index (χ1v) is 8.29. The Morgan fingerprint density at radius 3 is 2.48 bits per heavy atom. The van der Waals surface area contributed by atoms with Crippen molar-refractivity contribution in [3.8, 4) is 11.8 Å². The number of carbonyl (C=O) groups excluding carboxylic acids is 1. The third-order valence-electron chi connectivity index (χ3n) is 3.14. The second-order valence-corrected chi connectivity index (χ2v) is 7.90. The van der Waals surface area contributed by atoms with E-state index in [4.69, 9.17) is 5.73 Å². The summed E-state index contributed by atoms with van der Waals surface area (Å²) in [6, 6.07) is 5.30. The molecule has 0 heterocycles. The predicted molar refractivity (Wildman–Crippen MR) is 84.7 cm³/mol. The standard InChI is InChI=1S/C15H20N2O3S/c1-11-8-12(6-5-7-16)10-13(9-11)17-14(18)15(2,3)21(4,19)20/h8-10H,7,16H2,1-4H3,(H,17,18). The van der Waals surface area contributed by atoms with Crippen LogP contribution in [-0.2, 0) is 14.6 Å². The Morgan fingerprint density at radius 1 is 1.33 bits per heavy atom. The van der Waals surface area contributed by atoms with Crippen molar-refractivity contribution in [2.24, 2.45) is 5.73 Å². The van der Waals surface area contributed by atoms with Gasteiger partial charge in [0.05, 0.1) is 6.54 Å². The molecule has 0 bridgehead atoms. The second-order valence-electron chi connectivity index (χ2n) is 5.33. The van der Waals surface area contributed by atoms with E-state index in [1.807, 2.05) is 13.0 Å². The molecule has 0 atom stereocenters. The van der Waals surface area contributed by atoms with Crippen molar-refractivity contribution in [2.75, 3.05) is 18.1 Å². The quantitative estimate of drug-likeness (QED) is 0.817. The Bertz CT molecular complexity index is 710. The van der Waals surface area contributed by atoms with Gasteiger partial charge in [0.15, 0.2) is 9.84 Å². The van der Waals surface area contributed by atoms with Gasteiger partial charge in [0, 0.05) is 17.5 Å². The van der Waals surface area contributed by atoms with Gasteiger partial charge >= 0.3 is 0 Å². The zero-order chi connectivity index (χ0) is 16.3. The molecule has 0 aliphatic carbocycles. The Morgan fingerprint density at radius 2 is 1.95 bits per heavy atom. The van der Waals surface area contributed by atoms with Crippen LogP contribution >= 0.6 is 0 Å². The number of hydrogen-bond donors (Lipinski definition) is 2. The summed E-state index contributed by atoms with van der Waals surface area (Å²) in [5.41, 5.74) is 7.46. The Balaban J connectivity index is 3.09. The first-order valence-electron chi connectivity index (χ1n) is 6.39. The summed E-state index contributed by atoms with van der Waals surface area (Å²) in [5, 5.41) is 2.63. The molecule has 0 radical (unpaired) electrons. The van der Waals surface area contributed by atoms with E-state index in [-0.39, 0.29) is 6.54 Å². The van der Waals surface area contributed by atoms with E-state index < -0.39 is 20.5 Å². The lowest BCUT2D eigenvalue weighted by Crippen LogP contribution is -2.43. The zero-order valence-electron chi connectivity index (χ0n) is 12.6. The molecule has 0 saturated carbocycles. The van der Waals surface area contributed by atoms with Crippen LogP contribution < -0.4 is 11.1 Å². The summed E-state index contributed by atoms with van der Waals surface area (Å²) in [6.07, 6.45) is 1.04. The molecule has 1 rings (SSSR count). The number of amides is 1. The fourth-order valence-electron chi connectivity index (χ4n) is 1.53. The van der Waals surface area contributed by atoms with Crippen molar-refractivity contribution in [1.29, 1.82) is 0 Å². The van der Waals surface area contributed by atoms with Crippen LogP contribution in [0.25, 0.3) is 0 Å². The van der Waals surface area contributed by atoms with Crippen LogP contribution in [-0.4, -0.2) is 31.9 Å². The van der Waals surface area contributed by atoms with Crippen molar-refractivity contribution in [3.05, 3.63) is 29.3 Å². The highest BCUT2D eigenvalue weighted by molar-refractivity contribution is 7.92. The van der Waals surface area contributed by atoms with Gasteiger partial charge in [0.25, 0.3) is 0 Å². The van der Waals surface area contributed by atoms with Crippen molar-refractivity contribution < 1.29 is 13.2 Å². The lowest BCUT2D eigenvalue weighted by atomic mass is 10.1. The molecule has 3 N–H and O–H groups in total. The lowest BCUT2D eigenvalue weighted by molar-refractivity contribution is -0.117. The van der Waals surface area contributed by atoms with Crippen LogP contribution in [0.3, 0.4) is 0 Å². The van der Waals surface area contributed by atoms with E-state index in [0.717, 1.165) is 11.8 Å². The smallest absolute Gasteiger partial charge is 0.245 e. The monoisotopic (exact) mass is 308 g/mol. The molecule has 0 aromatic heterocycles. The number of nitrogens with two attached hydrogens (primary N) is 1. The molecule has 0 saturated heterocycles. The van der Waals surface area contributed by atoms with Crippen LogP contribution in [0.2, 0.25) is 0 Å². The predicted octanol–water partition coefficient (Wildman–Crippen LogP) is 1.07. The molecule has 1 aromatic rings. The van der Waals surface area contributed by atoms with E-state index in [0.29, 0.717) is 11.3 Å². The Hall–Kier alpha value is -1.84. The number of rotatable bonds is 3.